The molecule has 1 saturated heterocycles. The molecule has 1 aliphatic heterocycles. The maximum absolute atomic E-state index is 10.6. The third-order valence-corrected chi connectivity index (χ3v) is 3.05. The fraction of sp³-hybridized carbons (Fsp3) is 0.538. The van der Waals surface area contributed by atoms with Gasteiger partial charge in [0.15, 0.2) is 0 Å². The van der Waals surface area contributed by atoms with Gasteiger partial charge >= 0.3 is 0 Å². The molecule has 1 heterocycles. The van der Waals surface area contributed by atoms with Gasteiger partial charge in [-0.25, -0.2) is 0 Å². The molecule has 0 bridgehead atoms. The Bertz CT molecular complexity index is 326. The summed E-state index contributed by atoms with van der Waals surface area (Å²) in [5, 5.41) is 14.0. The van der Waals surface area contributed by atoms with Crippen molar-refractivity contribution in [2.75, 3.05) is 13.2 Å². The number of benzene rings is 1. The van der Waals surface area contributed by atoms with Crippen molar-refractivity contribution in [3.8, 4) is 0 Å². The minimum Gasteiger partial charge on any atom is -0.361 e. The Kier molecular flexibility index (Phi) is 3.59. The predicted octanol–water partition coefficient (Wildman–Crippen LogP) is 1.62. The van der Waals surface area contributed by atoms with Crippen LogP contribution >= 0.6 is 0 Å². The van der Waals surface area contributed by atoms with E-state index in [1.165, 1.54) is 0 Å². The van der Waals surface area contributed by atoms with E-state index in [-0.39, 0.29) is 6.04 Å². The molecule has 0 amide bonds. The summed E-state index contributed by atoms with van der Waals surface area (Å²) >= 11 is 0. The standard InChI is InChI=1S/C13H19NO2/c1-2-6-12-13(15,16-10-9-14-12)11-7-4-3-5-8-11/h3-5,7-8,12,14-15H,2,6,9-10H2,1H3/t12-,13+/m0/s1. The molecule has 16 heavy (non-hydrogen) atoms. The number of rotatable bonds is 3. The zero-order valence-corrected chi connectivity index (χ0v) is 9.65. The van der Waals surface area contributed by atoms with Crippen LogP contribution in [0.25, 0.3) is 0 Å². The van der Waals surface area contributed by atoms with E-state index in [0.29, 0.717) is 6.61 Å². The Labute approximate surface area is 96.4 Å². The lowest BCUT2D eigenvalue weighted by molar-refractivity contribution is -0.249. The average Bonchev–Trinajstić information content (AvgIpc) is 2.34. The van der Waals surface area contributed by atoms with Crippen molar-refractivity contribution in [1.29, 1.82) is 0 Å². The summed E-state index contributed by atoms with van der Waals surface area (Å²) in [6.45, 7) is 3.47. The lowest BCUT2D eigenvalue weighted by Crippen LogP contribution is -2.55. The summed E-state index contributed by atoms with van der Waals surface area (Å²) in [4.78, 5) is 0. The van der Waals surface area contributed by atoms with Crippen LogP contribution in [0.15, 0.2) is 30.3 Å². The molecular weight excluding hydrogens is 202 g/mol. The molecule has 0 saturated carbocycles. The smallest absolute Gasteiger partial charge is 0.208 e. The van der Waals surface area contributed by atoms with Crippen LogP contribution in [0.3, 0.4) is 0 Å². The van der Waals surface area contributed by atoms with Gasteiger partial charge in [-0.15, -0.1) is 0 Å². The number of nitrogens with one attached hydrogen (secondary N) is 1. The first-order valence-electron chi connectivity index (χ1n) is 5.92. The molecule has 0 radical (unpaired) electrons. The topological polar surface area (TPSA) is 41.5 Å². The normalized spacial score (nSPS) is 30.2. The predicted molar refractivity (Wildman–Crippen MR) is 63.0 cm³/mol. The summed E-state index contributed by atoms with van der Waals surface area (Å²) in [6, 6.07) is 9.60. The monoisotopic (exact) mass is 221 g/mol. The Morgan fingerprint density at radius 3 is 2.88 bits per heavy atom. The van der Waals surface area contributed by atoms with Crippen LogP contribution in [0.1, 0.15) is 25.3 Å². The highest BCUT2D eigenvalue weighted by Gasteiger charge is 2.41. The molecule has 1 aliphatic rings. The summed E-state index contributed by atoms with van der Waals surface area (Å²) < 4.78 is 5.61. The first kappa shape index (κ1) is 11.6. The quantitative estimate of drug-likeness (QED) is 0.815. The van der Waals surface area contributed by atoms with Gasteiger partial charge in [0, 0.05) is 12.1 Å². The van der Waals surface area contributed by atoms with Crippen LogP contribution in [0.2, 0.25) is 0 Å². The van der Waals surface area contributed by atoms with Gasteiger partial charge in [0.1, 0.15) is 0 Å². The van der Waals surface area contributed by atoms with E-state index in [0.717, 1.165) is 24.9 Å². The van der Waals surface area contributed by atoms with Crippen molar-refractivity contribution < 1.29 is 9.84 Å². The van der Waals surface area contributed by atoms with Crippen molar-refractivity contribution in [3.05, 3.63) is 35.9 Å². The second kappa shape index (κ2) is 4.95. The number of aliphatic hydroxyl groups is 1. The Hall–Kier alpha value is -0.900. The SMILES string of the molecule is CCC[C@@H]1NCCO[C@]1(O)c1ccccc1. The number of hydrogen-bond donors (Lipinski definition) is 2. The van der Waals surface area contributed by atoms with E-state index in [1.807, 2.05) is 30.3 Å². The lowest BCUT2D eigenvalue weighted by atomic mass is 9.93. The fourth-order valence-corrected chi connectivity index (χ4v) is 2.23. The van der Waals surface area contributed by atoms with Gasteiger partial charge in [0.2, 0.25) is 5.79 Å². The van der Waals surface area contributed by atoms with Crippen molar-refractivity contribution in [2.24, 2.45) is 0 Å². The second-order valence-corrected chi connectivity index (χ2v) is 4.21. The van der Waals surface area contributed by atoms with Crippen molar-refractivity contribution in [1.82, 2.24) is 5.32 Å². The van der Waals surface area contributed by atoms with Crippen molar-refractivity contribution in [3.63, 3.8) is 0 Å². The van der Waals surface area contributed by atoms with Crippen LogP contribution in [0.4, 0.5) is 0 Å². The van der Waals surface area contributed by atoms with E-state index in [1.54, 1.807) is 0 Å². The van der Waals surface area contributed by atoms with Gasteiger partial charge in [-0.2, -0.15) is 0 Å². The molecule has 1 aromatic rings. The highest BCUT2D eigenvalue weighted by Crippen LogP contribution is 2.30. The molecule has 2 rings (SSSR count). The van der Waals surface area contributed by atoms with Gasteiger partial charge in [0.25, 0.3) is 0 Å². The molecule has 3 heteroatoms. The van der Waals surface area contributed by atoms with Crippen molar-refractivity contribution in [2.45, 2.75) is 31.6 Å². The maximum Gasteiger partial charge on any atom is 0.208 e. The van der Waals surface area contributed by atoms with Crippen LogP contribution in [0.5, 0.6) is 0 Å². The van der Waals surface area contributed by atoms with Gasteiger partial charge in [-0.3, -0.25) is 0 Å². The zero-order valence-electron chi connectivity index (χ0n) is 9.65. The zero-order chi connectivity index (χ0) is 11.4. The number of ether oxygens (including phenoxy) is 1. The molecule has 3 nitrogen and oxygen atoms in total. The van der Waals surface area contributed by atoms with Crippen LogP contribution in [0, 0.1) is 0 Å². The summed E-state index contributed by atoms with van der Waals surface area (Å²) in [5.41, 5.74) is 0.834. The molecule has 0 aromatic heterocycles. The third-order valence-electron chi connectivity index (χ3n) is 3.05. The van der Waals surface area contributed by atoms with Crippen LogP contribution in [-0.4, -0.2) is 24.3 Å². The van der Waals surface area contributed by atoms with E-state index in [2.05, 4.69) is 12.2 Å². The van der Waals surface area contributed by atoms with E-state index in [9.17, 15) is 5.11 Å². The molecule has 0 spiro atoms. The van der Waals surface area contributed by atoms with E-state index in [4.69, 9.17) is 4.74 Å². The molecule has 2 N–H and O–H groups in total. The molecular formula is C13H19NO2. The van der Waals surface area contributed by atoms with Crippen molar-refractivity contribution >= 4 is 0 Å². The first-order chi connectivity index (χ1) is 7.77. The summed E-state index contributed by atoms with van der Waals surface area (Å²) in [5.74, 6) is -1.17. The summed E-state index contributed by atoms with van der Waals surface area (Å²) in [6.07, 6.45) is 1.93. The van der Waals surface area contributed by atoms with Crippen LogP contribution < -0.4 is 5.32 Å². The minimum atomic E-state index is -1.17. The molecule has 0 aliphatic carbocycles. The molecule has 0 unspecified atom stereocenters. The lowest BCUT2D eigenvalue weighted by Gasteiger charge is -2.40. The molecule has 88 valence electrons. The maximum atomic E-state index is 10.6. The molecule has 1 fully saturated rings. The van der Waals surface area contributed by atoms with Gasteiger partial charge in [-0.05, 0) is 6.42 Å². The minimum absolute atomic E-state index is 0.0198. The highest BCUT2D eigenvalue weighted by atomic mass is 16.6. The second-order valence-electron chi connectivity index (χ2n) is 4.21. The van der Waals surface area contributed by atoms with Gasteiger partial charge in [-0.1, -0.05) is 43.7 Å². The summed E-state index contributed by atoms with van der Waals surface area (Å²) in [7, 11) is 0. The molecule has 1 aromatic carbocycles. The van der Waals surface area contributed by atoms with Gasteiger partial charge in [0.05, 0.1) is 12.6 Å². The van der Waals surface area contributed by atoms with E-state index >= 15 is 0 Å². The highest BCUT2D eigenvalue weighted by molar-refractivity contribution is 5.22. The Morgan fingerprint density at radius 2 is 2.19 bits per heavy atom. The fourth-order valence-electron chi connectivity index (χ4n) is 2.23. The number of hydrogen-bond acceptors (Lipinski definition) is 3. The number of morpholine rings is 1. The van der Waals surface area contributed by atoms with E-state index < -0.39 is 5.79 Å². The van der Waals surface area contributed by atoms with Gasteiger partial charge < -0.3 is 15.2 Å². The Balaban J connectivity index is 2.26. The third kappa shape index (κ3) is 2.12. The first-order valence-corrected chi connectivity index (χ1v) is 5.92. The Morgan fingerprint density at radius 1 is 1.44 bits per heavy atom. The largest absolute Gasteiger partial charge is 0.361 e. The molecule has 2 atom stereocenters. The van der Waals surface area contributed by atoms with Crippen LogP contribution in [-0.2, 0) is 10.5 Å². The average molecular weight is 221 g/mol.